The number of thiazole rings is 1. The number of aryl methyl sites for hydroxylation is 1. The zero-order valence-electron chi connectivity index (χ0n) is 7.75. The highest BCUT2D eigenvalue weighted by molar-refractivity contribution is 7.13. The summed E-state index contributed by atoms with van der Waals surface area (Å²) in [4.78, 5) is 4.32. The molecule has 2 heterocycles. The number of nitrogens with zero attached hydrogens (tertiary/aromatic N) is 1. The Bertz CT molecular complexity index is 268. The van der Waals surface area contributed by atoms with Crippen LogP contribution in [0, 0.1) is 6.92 Å². The molecule has 0 aliphatic carbocycles. The topological polar surface area (TPSA) is 34.1 Å². The van der Waals surface area contributed by atoms with Crippen molar-refractivity contribution in [2.24, 2.45) is 0 Å². The van der Waals surface area contributed by atoms with E-state index in [0.29, 0.717) is 6.10 Å². The van der Waals surface area contributed by atoms with Crippen molar-refractivity contribution in [3.63, 3.8) is 0 Å². The molecular formula is C9H14N2OS. The molecule has 72 valence electrons. The smallest absolute Gasteiger partial charge is 0.182 e. The largest absolute Gasteiger partial charge is 0.376 e. The molecule has 1 fully saturated rings. The summed E-state index contributed by atoms with van der Waals surface area (Å²) in [5, 5.41) is 6.35. The molecule has 2 rings (SSSR count). The Balaban J connectivity index is 1.78. The Morgan fingerprint density at radius 1 is 1.77 bits per heavy atom. The molecule has 1 aromatic rings. The molecule has 3 nitrogen and oxygen atoms in total. The number of rotatable bonds is 3. The first-order chi connectivity index (χ1) is 6.34. The summed E-state index contributed by atoms with van der Waals surface area (Å²) in [6.45, 7) is 3.82. The highest BCUT2D eigenvalue weighted by Crippen LogP contribution is 2.17. The first-order valence-corrected chi connectivity index (χ1v) is 5.50. The SMILES string of the molecule is Cc1csc(NCC2CCCO2)n1. The van der Waals surface area contributed by atoms with Gasteiger partial charge in [-0.2, -0.15) is 0 Å². The predicted molar refractivity (Wildman–Crippen MR) is 54.3 cm³/mol. The van der Waals surface area contributed by atoms with Crippen molar-refractivity contribution in [3.05, 3.63) is 11.1 Å². The van der Waals surface area contributed by atoms with E-state index in [1.165, 1.54) is 12.8 Å². The highest BCUT2D eigenvalue weighted by atomic mass is 32.1. The summed E-state index contributed by atoms with van der Waals surface area (Å²) < 4.78 is 5.50. The fourth-order valence-electron chi connectivity index (χ4n) is 1.44. The lowest BCUT2D eigenvalue weighted by Gasteiger charge is -2.08. The summed E-state index contributed by atoms with van der Waals surface area (Å²) in [6, 6.07) is 0. The third kappa shape index (κ3) is 2.42. The van der Waals surface area contributed by atoms with Crippen molar-refractivity contribution in [1.29, 1.82) is 0 Å². The second kappa shape index (κ2) is 4.07. The number of nitrogens with one attached hydrogen (secondary N) is 1. The molecule has 0 aromatic carbocycles. The molecule has 0 radical (unpaired) electrons. The molecule has 1 atom stereocenters. The third-order valence-corrected chi connectivity index (χ3v) is 3.04. The van der Waals surface area contributed by atoms with Crippen LogP contribution < -0.4 is 5.32 Å². The highest BCUT2D eigenvalue weighted by Gasteiger charge is 2.15. The van der Waals surface area contributed by atoms with Gasteiger partial charge in [0.05, 0.1) is 11.8 Å². The molecule has 0 saturated carbocycles. The molecule has 1 saturated heterocycles. The Kier molecular flexibility index (Phi) is 2.80. The normalized spacial score (nSPS) is 22.1. The third-order valence-electron chi connectivity index (χ3n) is 2.12. The first-order valence-electron chi connectivity index (χ1n) is 4.62. The molecule has 13 heavy (non-hydrogen) atoms. The van der Waals surface area contributed by atoms with Crippen molar-refractivity contribution in [2.45, 2.75) is 25.9 Å². The quantitative estimate of drug-likeness (QED) is 0.807. The van der Waals surface area contributed by atoms with Gasteiger partial charge in [0.25, 0.3) is 0 Å². The Morgan fingerprint density at radius 2 is 2.69 bits per heavy atom. The van der Waals surface area contributed by atoms with Crippen LogP contribution in [0.3, 0.4) is 0 Å². The van der Waals surface area contributed by atoms with Crippen molar-refractivity contribution >= 4 is 16.5 Å². The summed E-state index contributed by atoms with van der Waals surface area (Å²) in [7, 11) is 0. The molecule has 0 spiro atoms. The molecule has 1 aliphatic rings. The number of hydrogen-bond donors (Lipinski definition) is 1. The second-order valence-electron chi connectivity index (χ2n) is 3.31. The maximum absolute atomic E-state index is 5.50. The van der Waals surface area contributed by atoms with Crippen molar-refractivity contribution in [2.75, 3.05) is 18.5 Å². The van der Waals surface area contributed by atoms with Crippen LogP contribution in [0.1, 0.15) is 18.5 Å². The maximum Gasteiger partial charge on any atom is 0.182 e. The molecular weight excluding hydrogens is 184 g/mol. The fourth-order valence-corrected chi connectivity index (χ4v) is 2.14. The molecule has 0 bridgehead atoms. The standard InChI is InChI=1S/C9H14N2OS/c1-7-6-13-9(11-7)10-5-8-3-2-4-12-8/h6,8H,2-5H2,1H3,(H,10,11). The number of hydrogen-bond acceptors (Lipinski definition) is 4. The fraction of sp³-hybridized carbons (Fsp3) is 0.667. The number of anilines is 1. The molecule has 1 N–H and O–H groups in total. The first kappa shape index (κ1) is 8.97. The van der Waals surface area contributed by atoms with Gasteiger partial charge in [-0.05, 0) is 19.8 Å². The van der Waals surface area contributed by atoms with E-state index >= 15 is 0 Å². The summed E-state index contributed by atoms with van der Waals surface area (Å²) in [6.07, 6.45) is 2.77. The van der Waals surface area contributed by atoms with Gasteiger partial charge in [-0.25, -0.2) is 4.98 Å². The van der Waals surface area contributed by atoms with Gasteiger partial charge in [0.2, 0.25) is 0 Å². The monoisotopic (exact) mass is 198 g/mol. The minimum absolute atomic E-state index is 0.393. The van der Waals surface area contributed by atoms with E-state index < -0.39 is 0 Å². The van der Waals surface area contributed by atoms with Crippen LogP contribution in [0.4, 0.5) is 5.13 Å². The van der Waals surface area contributed by atoms with Gasteiger partial charge < -0.3 is 10.1 Å². The van der Waals surface area contributed by atoms with Crippen LogP contribution in [-0.2, 0) is 4.74 Å². The average Bonchev–Trinajstić information content (AvgIpc) is 2.71. The summed E-state index contributed by atoms with van der Waals surface area (Å²) in [5.41, 5.74) is 1.08. The minimum Gasteiger partial charge on any atom is -0.376 e. The van der Waals surface area contributed by atoms with Gasteiger partial charge in [-0.1, -0.05) is 0 Å². The van der Waals surface area contributed by atoms with E-state index in [-0.39, 0.29) is 0 Å². The molecule has 4 heteroatoms. The van der Waals surface area contributed by atoms with Gasteiger partial charge in [0, 0.05) is 18.5 Å². The molecule has 1 unspecified atom stereocenters. The van der Waals surface area contributed by atoms with E-state index in [1.54, 1.807) is 11.3 Å². The van der Waals surface area contributed by atoms with Gasteiger partial charge in [0.15, 0.2) is 5.13 Å². The van der Waals surface area contributed by atoms with Gasteiger partial charge in [0.1, 0.15) is 0 Å². The molecule has 0 amide bonds. The van der Waals surface area contributed by atoms with Gasteiger partial charge >= 0.3 is 0 Å². The summed E-state index contributed by atoms with van der Waals surface area (Å²) in [5.74, 6) is 0. The van der Waals surface area contributed by atoms with Crippen molar-refractivity contribution in [1.82, 2.24) is 4.98 Å². The second-order valence-corrected chi connectivity index (χ2v) is 4.17. The van der Waals surface area contributed by atoms with E-state index in [2.05, 4.69) is 15.7 Å². The maximum atomic E-state index is 5.50. The zero-order chi connectivity index (χ0) is 9.10. The van der Waals surface area contributed by atoms with Crippen LogP contribution in [0.25, 0.3) is 0 Å². The van der Waals surface area contributed by atoms with E-state index in [9.17, 15) is 0 Å². The van der Waals surface area contributed by atoms with Crippen LogP contribution >= 0.6 is 11.3 Å². The molecule has 1 aromatic heterocycles. The van der Waals surface area contributed by atoms with Crippen molar-refractivity contribution < 1.29 is 4.74 Å². The lowest BCUT2D eigenvalue weighted by atomic mass is 10.2. The van der Waals surface area contributed by atoms with Crippen LogP contribution in [0.15, 0.2) is 5.38 Å². The Hall–Kier alpha value is -0.610. The van der Waals surface area contributed by atoms with Crippen LogP contribution in [0.5, 0.6) is 0 Å². The van der Waals surface area contributed by atoms with E-state index in [4.69, 9.17) is 4.74 Å². The van der Waals surface area contributed by atoms with E-state index in [0.717, 1.165) is 24.0 Å². The minimum atomic E-state index is 0.393. The van der Waals surface area contributed by atoms with Crippen LogP contribution in [0.2, 0.25) is 0 Å². The van der Waals surface area contributed by atoms with Crippen molar-refractivity contribution in [3.8, 4) is 0 Å². The average molecular weight is 198 g/mol. The van der Waals surface area contributed by atoms with Crippen LogP contribution in [-0.4, -0.2) is 24.2 Å². The summed E-state index contributed by atoms with van der Waals surface area (Å²) >= 11 is 1.66. The van der Waals surface area contributed by atoms with E-state index in [1.807, 2.05) is 6.92 Å². The lowest BCUT2D eigenvalue weighted by molar-refractivity contribution is 0.120. The predicted octanol–water partition coefficient (Wildman–Crippen LogP) is 2.04. The van der Waals surface area contributed by atoms with Gasteiger partial charge in [-0.15, -0.1) is 11.3 Å². The Morgan fingerprint density at radius 3 is 3.31 bits per heavy atom. The van der Waals surface area contributed by atoms with Gasteiger partial charge in [-0.3, -0.25) is 0 Å². The zero-order valence-corrected chi connectivity index (χ0v) is 8.56. The lowest BCUT2D eigenvalue weighted by Crippen LogP contribution is -2.18. The molecule has 1 aliphatic heterocycles. The number of aromatic nitrogens is 1. The number of ether oxygens (including phenoxy) is 1. The Labute approximate surface area is 82.1 Å².